The quantitative estimate of drug-likeness (QED) is 0.903. The number of anilines is 2. The Morgan fingerprint density at radius 3 is 2.90 bits per heavy atom. The van der Waals surface area contributed by atoms with Gasteiger partial charge >= 0.3 is 0 Å². The summed E-state index contributed by atoms with van der Waals surface area (Å²) in [6, 6.07) is 12.7. The number of nitrogens with one attached hydrogen (secondary N) is 1. The Hall–Kier alpha value is -1.68. The van der Waals surface area contributed by atoms with Crippen molar-refractivity contribution in [1.82, 2.24) is 0 Å². The molecule has 0 amide bonds. The summed E-state index contributed by atoms with van der Waals surface area (Å²) in [7, 11) is 3.83. The lowest BCUT2D eigenvalue weighted by molar-refractivity contribution is 0.414. The van der Waals surface area contributed by atoms with Gasteiger partial charge in [0.1, 0.15) is 5.75 Å². The molecule has 0 aliphatic carbocycles. The highest BCUT2D eigenvalue weighted by Gasteiger charge is 2.15. The fraction of sp³-hybridized carbons (Fsp3) is 0.294. The summed E-state index contributed by atoms with van der Waals surface area (Å²) in [6.45, 7) is 1.94. The van der Waals surface area contributed by atoms with Gasteiger partial charge in [-0.25, -0.2) is 0 Å². The number of hydrogen-bond donors (Lipinski definition) is 1. The molecule has 110 valence electrons. The van der Waals surface area contributed by atoms with E-state index in [9.17, 15) is 0 Å². The first-order valence-corrected chi connectivity index (χ1v) is 7.86. The highest BCUT2D eigenvalue weighted by Crippen LogP contribution is 2.28. The zero-order chi connectivity index (χ0) is 14.8. The third-order valence-corrected chi connectivity index (χ3v) is 4.33. The molecule has 0 radical (unpaired) electrons. The highest BCUT2D eigenvalue weighted by atomic mass is 79.9. The van der Waals surface area contributed by atoms with E-state index in [0.717, 1.165) is 35.4 Å². The number of halogens is 1. The lowest BCUT2D eigenvalue weighted by atomic mass is 10.1. The van der Waals surface area contributed by atoms with Crippen molar-refractivity contribution < 1.29 is 4.74 Å². The molecule has 0 aromatic heterocycles. The van der Waals surface area contributed by atoms with Gasteiger partial charge in [-0.15, -0.1) is 0 Å². The number of likely N-dealkylation sites (N-methyl/N-ethyl adjacent to an activating group) is 1. The molecule has 4 heteroatoms. The van der Waals surface area contributed by atoms with Crippen molar-refractivity contribution in [2.45, 2.75) is 13.0 Å². The van der Waals surface area contributed by atoms with Crippen LogP contribution < -0.4 is 15.0 Å². The molecule has 0 unspecified atom stereocenters. The second-order valence-corrected chi connectivity index (χ2v) is 6.28. The van der Waals surface area contributed by atoms with E-state index in [4.69, 9.17) is 4.74 Å². The fourth-order valence-corrected chi connectivity index (χ4v) is 3.19. The Balaban J connectivity index is 1.72. The van der Waals surface area contributed by atoms with Gasteiger partial charge in [0.05, 0.1) is 7.11 Å². The standard InChI is InChI=1S/C17H19BrN2O/c1-20-6-5-13-7-12(3-4-17(13)20)11-19-15-8-14(18)9-16(10-15)21-2/h3-4,7-10,19H,5-6,11H2,1-2H3. The van der Waals surface area contributed by atoms with Crippen LogP contribution in [0.25, 0.3) is 0 Å². The van der Waals surface area contributed by atoms with E-state index in [-0.39, 0.29) is 0 Å². The van der Waals surface area contributed by atoms with E-state index in [2.05, 4.69) is 57.5 Å². The molecule has 0 spiro atoms. The Morgan fingerprint density at radius 2 is 2.10 bits per heavy atom. The van der Waals surface area contributed by atoms with Gasteiger partial charge in [0.2, 0.25) is 0 Å². The summed E-state index contributed by atoms with van der Waals surface area (Å²) in [5.74, 6) is 0.849. The number of hydrogen-bond acceptors (Lipinski definition) is 3. The Kier molecular flexibility index (Phi) is 4.06. The average molecular weight is 347 g/mol. The van der Waals surface area contributed by atoms with E-state index in [1.165, 1.54) is 16.8 Å². The molecule has 2 aromatic rings. The Labute approximate surface area is 134 Å². The maximum Gasteiger partial charge on any atom is 0.122 e. The Morgan fingerprint density at radius 1 is 1.24 bits per heavy atom. The molecule has 1 aliphatic heterocycles. The molecular weight excluding hydrogens is 328 g/mol. The predicted molar refractivity (Wildman–Crippen MR) is 91.4 cm³/mol. The Bertz CT molecular complexity index is 657. The third kappa shape index (κ3) is 3.16. The molecule has 21 heavy (non-hydrogen) atoms. The molecule has 0 saturated heterocycles. The van der Waals surface area contributed by atoms with Crippen LogP contribution in [0.4, 0.5) is 11.4 Å². The number of nitrogens with zero attached hydrogens (tertiary/aromatic N) is 1. The van der Waals surface area contributed by atoms with E-state index in [1.807, 2.05) is 12.1 Å². The van der Waals surface area contributed by atoms with E-state index >= 15 is 0 Å². The second kappa shape index (κ2) is 5.98. The van der Waals surface area contributed by atoms with Gasteiger partial charge in [-0.3, -0.25) is 0 Å². The summed E-state index contributed by atoms with van der Waals surface area (Å²) in [6.07, 6.45) is 1.14. The predicted octanol–water partition coefficient (Wildman–Crippen LogP) is 4.06. The van der Waals surface area contributed by atoms with Crippen molar-refractivity contribution in [3.8, 4) is 5.75 Å². The fourth-order valence-electron chi connectivity index (χ4n) is 2.72. The van der Waals surface area contributed by atoms with Crippen LogP contribution in [0.2, 0.25) is 0 Å². The molecule has 3 rings (SSSR count). The molecule has 3 nitrogen and oxygen atoms in total. The summed E-state index contributed by atoms with van der Waals surface area (Å²) < 4.78 is 6.30. The minimum atomic E-state index is 0.816. The van der Waals surface area contributed by atoms with Gasteiger partial charge in [-0.1, -0.05) is 28.1 Å². The van der Waals surface area contributed by atoms with Crippen LogP contribution in [0.15, 0.2) is 40.9 Å². The van der Waals surface area contributed by atoms with Crippen LogP contribution in [0.1, 0.15) is 11.1 Å². The third-order valence-electron chi connectivity index (χ3n) is 3.88. The van der Waals surface area contributed by atoms with Crippen LogP contribution >= 0.6 is 15.9 Å². The minimum Gasteiger partial charge on any atom is -0.497 e. The van der Waals surface area contributed by atoms with Crippen molar-refractivity contribution in [2.24, 2.45) is 0 Å². The first kappa shape index (κ1) is 14.3. The number of fused-ring (bicyclic) bond motifs is 1. The first-order chi connectivity index (χ1) is 10.2. The minimum absolute atomic E-state index is 0.816. The van der Waals surface area contributed by atoms with Gasteiger partial charge in [-0.05, 0) is 35.7 Å². The molecule has 1 aliphatic rings. The lowest BCUT2D eigenvalue weighted by Gasteiger charge is -2.13. The largest absolute Gasteiger partial charge is 0.497 e. The van der Waals surface area contributed by atoms with Crippen molar-refractivity contribution >= 4 is 27.3 Å². The maximum atomic E-state index is 5.28. The molecule has 1 N–H and O–H groups in total. The average Bonchev–Trinajstić information content (AvgIpc) is 2.85. The molecule has 2 aromatic carbocycles. The zero-order valence-electron chi connectivity index (χ0n) is 12.3. The smallest absolute Gasteiger partial charge is 0.122 e. The van der Waals surface area contributed by atoms with E-state index in [1.54, 1.807) is 7.11 Å². The van der Waals surface area contributed by atoms with Crippen LogP contribution in [-0.4, -0.2) is 20.7 Å². The van der Waals surface area contributed by atoms with Gasteiger partial charge < -0.3 is 15.0 Å². The van der Waals surface area contributed by atoms with Crippen molar-refractivity contribution in [3.05, 3.63) is 52.0 Å². The van der Waals surface area contributed by atoms with Gasteiger partial charge in [0.15, 0.2) is 0 Å². The number of ether oxygens (including phenoxy) is 1. The molecular formula is C17H19BrN2O. The monoisotopic (exact) mass is 346 g/mol. The summed E-state index contributed by atoms with van der Waals surface area (Å²) in [5, 5.41) is 3.46. The molecule has 0 bridgehead atoms. The molecule has 0 saturated carbocycles. The lowest BCUT2D eigenvalue weighted by Crippen LogP contribution is -2.12. The van der Waals surface area contributed by atoms with Crippen LogP contribution in [-0.2, 0) is 13.0 Å². The molecule has 0 atom stereocenters. The summed E-state index contributed by atoms with van der Waals surface area (Å²) in [4.78, 5) is 2.31. The summed E-state index contributed by atoms with van der Waals surface area (Å²) in [5.41, 5.74) is 5.17. The maximum absolute atomic E-state index is 5.28. The van der Waals surface area contributed by atoms with Crippen molar-refractivity contribution in [2.75, 3.05) is 30.9 Å². The van der Waals surface area contributed by atoms with Crippen LogP contribution in [0.5, 0.6) is 5.75 Å². The summed E-state index contributed by atoms with van der Waals surface area (Å²) >= 11 is 3.50. The first-order valence-electron chi connectivity index (χ1n) is 7.07. The zero-order valence-corrected chi connectivity index (χ0v) is 13.9. The van der Waals surface area contributed by atoms with Crippen molar-refractivity contribution in [3.63, 3.8) is 0 Å². The van der Waals surface area contributed by atoms with E-state index < -0.39 is 0 Å². The van der Waals surface area contributed by atoms with E-state index in [0.29, 0.717) is 0 Å². The van der Waals surface area contributed by atoms with Gasteiger partial charge in [0.25, 0.3) is 0 Å². The number of rotatable bonds is 4. The highest BCUT2D eigenvalue weighted by molar-refractivity contribution is 9.10. The second-order valence-electron chi connectivity index (χ2n) is 5.37. The van der Waals surface area contributed by atoms with Gasteiger partial charge in [-0.2, -0.15) is 0 Å². The molecule has 0 fully saturated rings. The normalized spacial score (nSPS) is 13.2. The number of benzene rings is 2. The molecule has 1 heterocycles. The van der Waals surface area contributed by atoms with Crippen LogP contribution in [0.3, 0.4) is 0 Å². The topological polar surface area (TPSA) is 24.5 Å². The SMILES string of the molecule is COc1cc(Br)cc(NCc2ccc3c(c2)CCN3C)c1. The van der Waals surface area contributed by atoms with Crippen LogP contribution in [0, 0.1) is 0 Å². The van der Waals surface area contributed by atoms with Gasteiger partial charge in [0, 0.05) is 42.1 Å². The number of methoxy groups -OCH3 is 1. The van der Waals surface area contributed by atoms with Crippen molar-refractivity contribution in [1.29, 1.82) is 0 Å².